The minimum Gasteiger partial charge on any atom is -0.507 e. The van der Waals surface area contributed by atoms with Gasteiger partial charge in [0.15, 0.2) is 5.75 Å². The van der Waals surface area contributed by atoms with Crippen LogP contribution in [-0.4, -0.2) is 34.6 Å². The van der Waals surface area contributed by atoms with Crippen molar-refractivity contribution in [2.75, 3.05) is 19.5 Å². The highest BCUT2D eigenvalue weighted by molar-refractivity contribution is 5.97. The van der Waals surface area contributed by atoms with E-state index in [2.05, 4.69) is 46.2 Å². The number of hydrogen-bond acceptors (Lipinski definition) is 15. The van der Waals surface area contributed by atoms with Gasteiger partial charge in [-0.15, -0.1) is 25.6 Å². The van der Waals surface area contributed by atoms with Gasteiger partial charge in [-0.1, -0.05) is 48.5 Å². The average molecular weight is 852 g/mol. The van der Waals surface area contributed by atoms with Gasteiger partial charge in [0.25, 0.3) is 0 Å². The molecule has 0 fully saturated rings. The number of fused-ring (bicyclic) bond motifs is 2. The number of aliphatic hydroxyl groups is 2. The summed E-state index contributed by atoms with van der Waals surface area (Å²) in [5.74, 6) is 0.697. The third kappa shape index (κ3) is 9.25. The van der Waals surface area contributed by atoms with Crippen molar-refractivity contribution in [2.24, 2.45) is 40.9 Å². The Morgan fingerprint density at radius 2 is 1.06 bits per heavy atom. The molecule has 64 heavy (non-hydrogen) atoms. The number of nitrogens with zero attached hydrogens (tertiary/aromatic N) is 8. The zero-order chi connectivity index (χ0) is 44.6. The van der Waals surface area contributed by atoms with Gasteiger partial charge >= 0.3 is 0 Å². The van der Waals surface area contributed by atoms with Crippen LogP contribution in [0.4, 0.5) is 56.9 Å². The molecule has 0 atom stereocenters. The van der Waals surface area contributed by atoms with Gasteiger partial charge in [-0.2, -0.15) is 15.3 Å². The Bertz CT molecular complexity index is 3130. The van der Waals surface area contributed by atoms with Crippen LogP contribution >= 0.6 is 0 Å². The summed E-state index contributed by atoms with van der Waals surface area (Å²) in [5.41, 5.74) is 6.56. The molecule has 8 aromatic carbocycles. The molecule has 0 saturated carbocycles. The molecule has 0 radical (unpaired) electrons. The second kappa shape index (κ2) is 19.1. The predicted molar refractivity (Wildman–Crippen MR) is 247 cm³/mol. The molecule has 8 rings (SSSR count). The number of methoxy groups -OCH3 is 2. The maximum absolute atomic E-state index is 11.1. The van der Waals surface area contributed by atoms with Crippen molar-refractivity contribution >= 4 is 78.4 Å². The van der Waals surface area contributed by atoms with E-state index in [1.807, 2.05) is 85.8 Å². The molecule has 0 unspecified atom stereocenters. The van der Waals surface area contributed by atoms with Crippen molar-refractivity contribution in [3.05, 3.63) is 156 Å². The molecule has 0 spiro atoms. The first kappa shape index (κ1) is 42.3. The fraction of sp³-hybridized carbons (Fsp3) is 0.102. The minimum atomic E-state index is -0.405. The van der Waals surface area contributed by atoms with E-state index in [0.29, 0.717) is 61.8 Å². The Labute approximate surface area is 367 Å². The molecule has 0 aliphatic heterocycles. The predicted octanol–water partition coefficient (Wildman–Crippen LogP) is 14.1. The summed E-state index contributed by atoms with van der Waals surface area (Å²) in [6.45, 7) is 1.09. The summed E-state index contributed by atoms with van der Waals surface area (Å²) in [5, 5.41) is 83.5. The summed E-state index contributed by atoms with van der Waals surface area (Å²) in [7, 11) is 2.94. The smallest absolute Gasteiger partial charge is 0.150 e. The lowest BCUT2D eigenvalue weighted by Gasteiger charge is -2.11. The van der Waals surface area contributed by atoms with Crippen LogP contribution in [0.2, 0.25) is 0 Å². The van der Waals surface area contributed by atoms with Crippen molar-refractivity contribution < 1.29 is 29.9 Å². The SMILES string of the molecule is COc1cc(N=Nc2ccc(N=Nc3cccc4cccc(O)c34)cc2C)c(CO)cc1N=Nc1cc(OC)c(N=Nc2ccc3cc(Nc4ccccc4)ccc3c2O)cc1CO. The summed E-state index contributed by atoms with van der Waals surface area (Å²) in [6.07, 6.45) is 0. The number of rotatable bonds is 14. The maximum Gasteiger partial charge on any atom is 0.150 e. The topological polar surface area (TPSA) is 210 Å². The number of benzene rings is 8. The van der Waals surface area contributed by atoms with Gasteiger partial charge < -0.3 is 35.2 Å². The van der Waals surface area contributed by atoms with Crippen LogP contribution in [0.5, 0.6) is 23.0 Å². The summed E-state index contributed by atoms with van der Waals surface area (Å²) in [6, 6.07) is 41.5. The Morgan fingerprint density at radius 1 is 0.469 bits per heavy atom. The minimum absolute atomic E-state index is 0.0346. The first-order chi connectivity index (χ1) is 31.2. The molecule has 15 nitrogen and oxygen atoms in total. The average Bonchev–Trinajstić information content (AvgIpc) is 3.32. The van der Waals surface area contributed by atoms with E-state index in [1.54, 1.807) is 60.7 Å². The molecule has 5 N–H and O–H groups in total. The number of phenols is 2. The molecule has 318 valence electrons. The molecule has 0 saturated heterocycles. The van der Waals surface area contributed by atoms with Crippen LogP contribution in [0.3, 0.4) is 0 Å². The number of anilines is 2. The lowest BCUT2D eigenvalue weighted by atomic mass is 10.1. The number of azo groups is 4. The quantitative estimate of drug-likeness (QED) is 0.0667. The number of aliphatic hydroxyl groups excluding tert-OH is 2. The summed E-state index contributed by atoms with van der Waals surface area (Å²) < 4.78 is 11.2. The molecular formula is C49H41N9O6. The Hall–Kier alpha value is -8.40. The van der Waals surface area contributed by atoms with E-state index in [-0.39, 0.29) is 35.2 Å². The second-order valence-corrected chi connectivity index (χ2v) is 14.4. The number of para-hydroxylation sites is 1. The molecule has 0 heterocycles. The number of nitrogens with one attached hydrogen (secondary N) is 1. The van der Waals surface area contributed by atoms with Gasteiger partial charge in [-0.05, 0) is 102 Å². The summed E-state index contributed by atoms with van der Waals surface area (Å²) in [4.78, 5) is 0. The van der Waals surface area contributed by atoms with E-state index >= 15 is 0 Å². The first-order valence-corrected chi connectivity index (χ1v) is 19.9. The molecule has 8 aromatic rings. The van der Waals surface area contributed by atoms with Crippen LogP contribution in [0.15, 0.2) is 180 Å². The zero-order valence-corrected chi connectivity index (χ0v) is 34.9. The molecule has 15 heteroatoms. The van der Waals surface area contributed by atoms with Crippen molar-refractivity contribution in [1.29, 1.82) is 0 Å². The highest BCUT2D eigenvalue weighted by atomic mass is 16.5. The van der Waals surface area contributed by atoms with Crippen molar-refractivity contribution in [2.45, 2.75) is 20.1 Å². The number of ether oxygens (including phenoxy) is 2. The van der Waals surface area contributed by atoms with Gasteiger partial charge in [0, 0.05) is 40.0 Å². The van der Waals surface area contributed by atoms with E-state index < -0.39 is 6.61 Å². The third-order valence-electron chi connectivity index (χ3n) is 10.2. The highest BCUT2D eigenvalue weighted by Gasteiger charge is 2.15. The van der Waals surface area contributed by atoms with Gasteiger partial charge in [0.05, 0.1) is 61.3 Å². The van der Waals surface area contributed by atoms with Gasteiger partial charge in [-0.3, -0.25) is 0 Å². The Morgan fingerprint density at radius 3 is 1.70 bits per heavy atom. The third-order valence-corrected chi connectivity index (χ3v) is 10.2. The Balaban J connectivity index is 0.993. The number of aryl methyl sites for hydroxylation is 1. The molecular weight excluding hydrogens is 811 g/mol. The maximum atomic E-state index is 11.1. The van der Waals surface area contributed by atoms with Crippen molar-refractivity contribution in [3.8, 4) is 23.0 Å². The number of phenolic OH excluding ortho intramolecular Hbond substituents is 2. The largest absolute Gasteiger partial charge is 0.507 e. The Kier molecular flexibility index (Phi) is 12.6. The van der Waals surface area contributed by atoms with E-state index in [4.69, 9.17) is 9.47 Å². The fourth-order valence-corrected chi connectivity index (χ4v) is 6.91. The molecule has 0 aliphatic rings. The number of aromatic hydroxyl groups is 2. The monoisotopic (exact) mass is 851 g/mol. The van der Waals surface area contributed by atoms with E-state index in [1.165, 1.54) is 14.2 Å². The lowest BCUT2D eigenvalue weighted by molar-refractivity contribution is 0.282. The van der Waals surface area contributed by atoms with Crippen LogP contribution in [-0.2, 0) is 13.2 Å². The van der Waals surface area contributed by atoms with Crippen molar-refractivity contribution in [3.63, 3.8) is 0 Å². The van der Waals surface area contributed by atoms with Crippen molar-refractivity contribution in [1.82, 2.24) is 0 Å². The van der Waals surface area contributed by atoms with Crippen LogP contribution in [0, 0.1) is 6.92 Å². The van der Waals surface area contributed by atoms with Crippen LogP contribution in [0.1, 0.15) is 16.7 Å². The summed E-state index contributed by atoms with van der Waals surface area (Å²) >= 11 is 0. The lowest BCUT2D eigenvalue weighted by Crippen LogP contribution is -1.90. The fourth-order valence-electron chi connectivity index (χ4n) is 6.91. The normalized spacial score (nSPS) is 11.8. The number of hydrogen-bond donors (Lipinski definition) is 5. The van der Waals surface area contributed by atoms with Crippen LogP contribution in [0.25, 0.3) is 21.5 Å². The van der Waals surface area contributed by atoms with Gasteiger partial charge in [-0.25, -0.2) is 0 Å². The second-order valence-electron chi connectivity index (χ2n) is 14.4. The molecule has 0 amide bonds. The van der Waals surface area contributed by atoms with Crippen LogP contribution < -0.4 is 14.8 Å². The first-order valence-electron chi connectivity index (χ1n) is 19.9. The molecule has 0 aromatic heterocycles. The van der Waals surface area contributed by atoms with E-state index in [0.717, 1.165) is 27.7 Å². The van der Waals surface area contributed by atoms with E-state index in [9.17, 15) is 20.4 Å². The van der Waals surface area contributed by atoms with Gasteiger partial charge in [0.2, 0.25) is 0 Å². The highest BCUT2D eigenvalue weighted by Crippen LogP contribution is 2.42. The molecule has 0 aliphatic carbocycles. The van der Waals surface area contributed by atoms with Gasteiger partial charge in [0.1, 0.15) is 34.3 Å². The zero-order valence-electron chi connectivity index (χ0n) is 34.9. The standard InChI is InChI=1S/C49H41N9O6/c1-29-21-36(51-53-39-13-7-9-30-10-8-14-45(61)48(30)39)17-20-38(29)52-55-41-25-47(64-3)44(24-32(41)27-59)58-56-42-26-46(63-2)43(23-33(42)28-60)57-54-40-19-15-31-22-35(16-18-37(31)49(40)62)50-34-11-5-4-6-12-34/h4-26,50,59-62H,27-28H2,1-3H3. The molecule has 0 bridgehead atoms.